The van der Waals surface area contributed by atoms with Crippen molar-refractivity contribution in [3.63, 3.8) is 0 Å². The SMILES string of the molecule is CCN(CC)C(=O)CCNC(=O)C1CCCN(Cc2ccccc2)C1. The minimum atomic E-state index is 0.0287. The van der Waals surface area contributed by atoms with Crippen LogP contribution in [-0.2, 0) is 16.1 Å². The van der Waals surface area contributed by atoms with E-state index in [-0.39, 0.29) is 17.7 Å². The first-order valence-corrected chi connectivity index (χ1v) is 9.45. The number of carbonyl (C=O) groups is 2. The molecule has 1 aromatic carbocycles. The molecule has 0 saturated carbocycles. The topological polar surface area (TPSA) is 52.7 Å². The summed E-state index contributed by atoms with van der Waals surface area (Å²) < 4.78 is 0. The maximum Gasteiger partial charge on any atom is 0.224 e. The van der Waals surface area contributed by atoms with Crippen molar-refractivity contribution in [2.24, 2.45) is 5.92 Å². The summed E-state index contributed by atoms with van der Waals surface area (Å²) in [6.45, 7) is 8.56. The van der Waals surface area contributed by atoms with Gasteiger partial charge < -0.3 is 10.2 Å². The quantitative estimate of drug-likeness (QED) is 0.786. The first kappa shape index (κ1) is 19.4. The van der Waals surface area contributed by atoms with Gasteiger partial charge in [-0.1, -0.05) is 30.3 Å². The van der Waals surface area contributed by atoms with Gasteiger partial charge in [0.05, 0.1) is 5.92 Å². The number of benzene rings is 1. The first-order valence-electron chi connectivity index (χ1n) is 9.45. The molecule has 0 aromatic heterocycles. The molecule has 1 heterocycles. The predicted octanol–water partition coefficient (Wildman–Crippen LogP) is 2.27. The third-order valence-corrected chi connectivity index (χ3v) is 4.88. The smallest absolute Gasteiger partial charge is 0.224 e. The lowest BCUT2D eigenvalue weighted by molar-refractivity contribution is -0.131. The Hall–Kier alpha value is -1.88. The molecule has 0 bridgehead atoms. The van der Waals surface area contributed by atoms with Crippen LogP contribution in [0.3, 0.4) is 0 Å². The molecule has 2 amide bonds. The fourth-order valence-electron chi connectivity index (χ4n) is 3.43. The van der Waals surface area contributed by atoms with Crippen LogP contribution in [-0.4, -0.2) is 54.3 Å². The van der Waals surface area contributed by atoms with Crippen LogP contribution in [0.15, 0.2) is 30.3 Å². The second-order valence-corrected chi connectivity index (χ2v) is 6.67. The van der Waals surface area contributed by atoms with E-state index < -0.39 is 0 Å². The molecular weight excluding hydrogens is 314 g/mol. The molecule has 1 aromatic rings. The molecule has 1 N–H and O–H groups in total. The van der Waals surface area contributed by atoms with Crippen molar-refractivity contribution >= 4 is 11.8 Å². The van der Waals surface area contributed by atoms with Crippen molar-refractivity contribution in [2.45, 2.75) is 39.7 Å². The Kier molecular flexibility index (Phi) is 7.92. The molecule has 1 aliphatic heterocycles. The van der Waals surface area contributed by atoms with E-state index in [1.807, 2.05) is 19.9 Å². The zero-order valence-electron chi connectivity index (χ0n) is 15.5. The molecule has 25 heavy (non-hydrogen) atoms. The second kappa shape index (κ2) is 10.2. The molecule has 0 aliphatic carbocycles. The number of amides is 2. The molecule has 2 rings (SSSR count). The highest BCUT2D eigenvalue weighted by Gasteiger charge is 2.25. The number of nitrogens with zero attached hydrogens (tertiary/aromatic N) is 2. The molecule has 138 valence electrons. The Morgan fingerprint density at radius 2 is 1.92 bits per heavy atom. The normalized spacial score (nSPS) is 17.9. The summed E-state index contributed by atoms with van der Waals surface area (Å²) in [5, 5.41) is 2.96. The van der Waals surface area contributed by atoms with Crippen molar-refractivity contribution in [3.05, 3.63) is 35.9 Å². The highest BCUT2D eigenvalue weighted by atomic mass is 16.2. The standard InChI is InChI=1S/C20H31N3O2/c1-3-23(4-2)19(24)12-13-21-20(25)18-11-8-14-22(16-18)15-17-9-6-5-7-10-17/h5-7,9-10,18H,3-4,8,11-16H2,1-2H3,(H,21,25). The van der Waals surface area contributed by atoms with E-state index in [4.69, 9.17) is 0 Å². The zero-order chi connectivity index (χ0) is 18.1. The maximum absolute atomic E-state index is 12.4. The van der Waals surface area contributed by atoms with Gasteiger partial charge >= 0.3 is 0 Å². The van der Waals surface area contributed by atoms with E-state index in [1.165, 1.54) is 5.56 Å². The first-order chi connectivity index (χ1) is 12.1. The van der Waals surface area contributed by atoms with Gasteiger partial charge in [0.15, 0.2) is 0 Å². The van der Waals surface area contributed by atoms with E-state index >= 15 is 0 Å². The third kappa shape index (κ3) is 6.16. The third-order valence-electron chi connectivity index (χ3n) is 4.88. The summed E-state index contributed by atoms with van der Waals surface area (Å²) >= 11 is 0. The number of likely N-dealkylation sites (tertiary alicyclic amines) is 1. The maximum atomic E-state index is 12.4. The Morgan fingerprint density at radius 3 is 2.60 bits per heavy atom. The molecule has 0 radical (unpaired) electrons. The van der Waals surface area contributed by atoms with Crippen LogP contribution in [0.25, 0.3) is 0 Å². The fourth-order valence-corrected chi connectivity index (χ4v) is 3.43. The molecule has 5 heteroatoms. The summed E-state index contributed by atoms with van der Waals surface area (Å²) in [5.41, 5.74) is 1.29. The highest BCUT2D eigenvalue weighted by Crippen LogP contribution is 2.18. The molecular formula is C20H31N3O2. The van der Waals surface area contributed by atoms with Crippen molar-refractivity contribution in [2.75, 3.05) is 32.7 Å². The predicted molar refractivity (Wildman–Crippen MR) is 100.0 cm³/mol. The van der Waals surface area contributed by atoms with E-state index in [9.17, 15) is 9.59 Å². The van der Waals surface area contributed by atoms with Crippen molar-refractivity contribution in [1.82, 2.24) is 15.1 Å². The molecule has 0 spiro atoms. The van der Waals surface area contributed by atoms with Gasteiger partial charge in [-0.25, -0.2) is 0 Å². The molecule has 1 unspecified atom stereocenters. The van der Waals surface area contributed by atoms with Gasteiger partial charge in [-0.2, -0.15) is 0 Å². The van der Waals surface area contributed by atoms with Crippen LogP contribution in [0.1, 0.15) is 38.7 Å². The highest BCUT2D eigenvalue weighted by molar-refractivity contribution is 5.80. The van der Waals surface area contributed by atoms with Crippen LogP contribution in [0.5, 0.6) is 0 Å². The van der Waals surface area contributed by atoms with Crippen LogP contribution < -0.4 is 5.32 Å². The van der Waals surface area contributed by atoms with Crippen LogP contribution in [0, 0.1) is 5.92 Å². The summed E-state index contributed by atoms with van der Waals surface area (Å²) in [6.07, 6.45) is 2.36. The van der Waals surface area contributed by atoms with E-state index in [0.29, 0.717) is 13.0 Å². The average molecular weight is 345 g/mol. The van der Waals surface area contributed by atoms with Crippen molar-refractivity contribution < 1.29 is 9.59 Å². The van der Waals surface area contributed by atoms with Crippen molar-refractivity contribution in [3.8, 4) is 0 Å². The van der Waals surface area contributed by atoms with E-state index in [1.54, 1.807) is 4.90 Å². The van der Waals surface area contributed by atoms with Crippen LogP contribution in [0.4, 0.5) is 0 Å². The zero-order valence-corrected chi connectivity index (χ0v) is 15.5. The molecule has 1 aliphatic rings. The molecule has 1 saturated heterocycles. The van der Waals surface area contributed by atoms with E-state index in [2.05, 4.69) is 34.5 Å². The van der Waals surface area contributed by atoms with E-state index in [0.717, 1.165) is 45.6 Å². The Balaban J connectivity index is 1.74. The van der Waals surface area contributed by atoms with Crippen LogP contribution >= 0.6 is 0 Å². The second-order valence-electron chi connectivity index (χ2n) is 6.67. The summed E-state index contributed by atoms with van der Waals surface area (Å²) in [7, 11) is 0. The van der Waals surface area contributed by atoms with Gasteiger partial charge in [0.1, 0.15) is 0 Å². The summed E-state index contributed by atoms with van der Waals surface area (Å²) in [6, 6.07) is 10.4. The lowest BCUT2D eigenvalue weighted by Gasteiger charge is -2.32. The lowest BCUT2D eigenvalue weighted by atomic mass is 9.96. The largest absolute Gasteiger partial charge is 0.355 e. The Morgan fingerprint density at radius 1 is 1.20 bits per heavy atom. The van der Waals surface area contributed by atoms with Crippen LogP contribution in [0.2, 0.25) is 0 Å². The number of hydrogen-bond acceptors (Lipinski definition) is 3. The lowest BCUT2D eigenvalue weighted by Crippen LogP contribution is -2.43. The monoisotopic (exact) mass is 345 g/mol. The fraction of sp³-hybridized carbons (Fsp3) is 0.600. The minimum absolute atomic E-state index is 0.0287. The number of carbonyl (C=O) groups excluding carboxylic acids is 2. The Bertz CT molecular complexity index is 543. The minimum Gasteiger partial charge on any atom is -0.355 e. The van der Waals surface area contributed by atoms with Gasteiger partial charge in [0.2, 0.25) is 11.8 Å². The van der Waals surface area contributed by atoms with Gasteiger partial charge in [0, 0.05) is 39.1 Å². The molecule has 1 fully saturated rings. The number of nitrogens with one attached hydrogen (secondary N) is 1. The average Bonchev–Trinajstić information content (AvgIpc) is 2.64. The van der Waals surface area contributed by atoms with Gasteiger partial charge in [0.25, 0.3) is 0 Å². The van der Waals surface area contributed by atoms with Gasteiger partial charge in [-0.3, -0.25) is 14.5 Å². The number of rotatable bonds is 8. The Labute approximate surface area is 151 Å². The molecule has 5 nitrogen and oxygen atoms in total. The van der Waals surface area contributed by atoms with Gasteiger partial charge in [-0.15, -0.1) is 0 Å². The summed E-state index contributed by atoms with van der Waals surface area (Å²) in [5.74, 6) is 0.228. The summed E-state index contributed by atoms with van der Waals surface area (Å²) in [4.78, 5) is 28.6. The van der Waals surface area contributed by atoms with Gasteiger partial charge in [-0.05, 0) is 38.8 Å². The molecule has 1 atom stereocenters. The number of hydrogen-bond donors (Lipinski definition) is 1. The number of piperidine rings is 1. The van der Waals surface area contributed by atoms with Crippen molar-refractivity contribution in [1.29, 1.82) is 0 Å².